The first-order valence-electron chi connectivity index (χ1n) is 12.9. The van der Waals surface area contributed by atoms with Gasteiger partial charge in [0.05, 0.1) is 11.2 Å². The lowest BCUT2D eigenvalue weighted by molar-refractivity contribution is -0.197. The van der Waals surface area contributed by atoms with Crippen LogP contribution in [0.15, 0.2) is 48.5 Å². The average molecular weight is 419 g/mol. The molecule has 0 bridgehead atoms. The van der Waals surface area contributed by atoms with Crippen molar-refractivity contribution >= 4 is 0 Å². The molecule has 0 aromatic heterocycles. The number of rotatable bonds is 6. The van der Waals surface area contributed by atoms with E-state index in [-0.39, 0.29) is 11.2 Å². The summed E-state index contributed by atoms with van der Waals surface area (Å²) in [5, 5.41) is 0. The molecule has 0 atom stereocenters. The fourth-order valence-corrected chi connectivity index (χ4v) is 5.86. The maximum Gasteiger partial charge on any atom is 0.0943 e. The highest BCUT2D eigenvalue weighted by atomic mass is 16.5. The predicted molar refractivity (Wildman–Crippen MR) is 132 cm³/mol. The summed E-state index contributed by atoms with van der Waals surface area (Å²) in [5.74, 6) is 1.14. The smallest absolute Gasteiger partial charge is 0.0943 e. The summed E-state index contributed by atoms with van der Waals surface area (Å²) in [6.45, 7) is 9.11. The molecular formula is C30H42O. The van der Waals surface area contributed by atoms with Crippen LogP contribution in [0.25, 0.3) is 0 Å². The van der Waals surface area contributed by atoms with E-state index < -0.39 is 0 Å². The van der Waals surface area contributed by atoms with Gasteiger partial charge in [0.2, 0.25) is 0 Å². The summed E-state index contributed by atoms with van der Waals surface area (Å²) < 4.78 is 7.48. The van der Waals surface area contributed by atoms with Crippen LogP contribution in [-0.4, -0.2) is 0 Å². The normalized spacial score (nSPS) is 20.8. The summed E-state index contributed by atoms with van der Waals surface area (Å²) in [4.78, 5) is 0. The number of hydrogen-bond acceptors (Lipinski definition) is 1. The van der Waals surface area contributed by atoms with E-state index in [9.17, 15) is 0 Å². The zero-order valence-electron chi connectivity index (χ0n) is 20.3. The third kappa shape index (κ3) is 4.77. The largest absolute Gasteiger partial charge is 0.359 e. The second-order valence-corrected chi connectivity index (χ2v) is 10.8. The zero-order valence-corrected chi connectivity index (χ0v) is 20.3. The van der Waals surface area contributed by atoms with Crippen molar-refractivity contribution in [3.05, 3.63) is 70.8 Å². The Balaban J connectivity index is 1.71. The molecule has 2 aliphatic rings. The van der Waals surface area contributed by atoms with Gasteiger partial charge in [0, 0.05) is 0 Å². The quantitative estimate of drug-likeness (QED) is 0.455. The molecule has 0 aliphatic heterocycles. The van der Waals surface area contributed by atoms with Gasteiger partial charge >= 0.3 is 0 Å². The molecule has 2 saturated carbocycles. The second-order valence-electron chi connectivity index (χ2n) is 10.8. The van der Waals surface area contributed by atoms with E-state index in [4.69, 9.17) is 4.74 Å². The van der Waals surface area contributed by atoms with E-state index >= 15 is 0 Å². The molecule has 2 fully saturated rings. The molecule has 2 aliphatic carbocycles. The molecule has 0 N–H and O–H groups in total. The van der Waals surface area contributed by atoms with Crippen LogP contribution in [0.3, 0.4) is 0 Å². The van der Waals surface area contributed by atoms with E-state index in [2.05, 4.69) is 76.2 Å². The van der Waals surface area contributed by atoms with Crippen LogP contribution in [0, 0.1) is 0 Å². The number of hydrogen-bond donors (Lipinski definition) is 0. The van der Waals surface area contributed by atoms with Crippen LogP contribution in [0.4, 0.5) is 0 Å². The predicted octanol–water partition coefficient (Wildman–Crippen LogP) is 8.97. The van der Waals surface area contributed by atoms with E-state index in [1.54, 1.807) is 0 Å². The molecule has 0 unspecified atom stereocenters. The molecule has 0 spiro atoms. The van der Waals surface area contributed by atoms with Crippen LogP contribution >= 0.6 is 0 Å². The summed E-state index contributed by atoms with van der Waals surface area (Å²) in [7, 11) is 0. The first-order chi connectivity index (χ1) is 14.9. The molecule has 0 amide bonds. The highest BCUT2D eigenvalue weighted by molar-refractivity contribution is 5.32. The molecule has 1 nitrogen and oxygen atoms in total. The van der Waals surface area contributed by atoms with E-state index in [1.165, 1.54) is 60.8 Å². The molecule has 31 heavy (non-hydrogen) atoms. The first-order valence-corrected chi connectivity index (χ1v) is 12.9. The Morgan fingerprint density at radius 2 is 0.839 bits per heavy atom. The summed E-state index contributed by atoms with van der Waals surface area (Å²) in [5.41, 5.74) is 5.38. The Bertz CT molecular complexity index is 744. The minimum atomic E-state index is -0.137. The zero-order chi connectivity index (χ0) is 21.9. The van der Waals surface area contributed by atoms with Crippen molar-refractivity contribution in [2.45, 2.75) is 115 Å². The maximum absolute atomic E-state index is 7.48. The van der Waals surface area contributed by atoms with E-state index in [0.717, 1.165) is 25.7 Å². The van der Waals surface area contributed by atoms with Crippen molar-refractivity contribution < 1.29 is 4.74 Å². The Kier molecular flexibility index (Phi) is 6.92. The van der Waals surface area contributed by atoms with Crippen molar-refractivity contribution in [2.75, 3.05) is 0 Å². The molecule has 4 rings (SSSR count). The fourth-order valence-electron chi connectivity index (χ4n) is 5.86. The first kappa shape index (κ1) is 22.6. The molecule has 0 radical (unpaired) electrons. The van der Waals surface area contributed by atoms with Crippen LogP contribution in [0.5, 0.6) is 0 Å². The van der Waals surface area contributed by atoms with Gasteiger partial charge < -0.3 is 4.74 Å². The summed E-state index contributed by atoms with van der Waals surface area (Å²) in [6, 6.07) is 18.8. The van der Waals surface area contributed by atoms with Crippen LogP contribution in [-0.2, 0) is 15.9 Å². The van der Waals surface area contributed by atoms with Crippen LogP contribution in [0.2, 0.25) is 0 Å². The molecule has 0 saturated heterocycles. The van der Waals surface area contributed by atoms with Crippen LogP contribution < -0.4 is 0 Å². The molecule has 0 heterocycles. The van der Waals surface area contributed by atoms with Gasteiger partial charge in [-0.05, 0) is 59.8 Å². The third-order valence-electron chi connectivity index (χ3n) is 7.92. The summed E-state index contributed by atoms with van der Waals surface area (Å²) in [6.07, 6.45) is 12.4. The average Bonchev–Trinajstić information content (AvgIpc) is 2.80. The molecule has 1 heteroatoms. The van der Waals surface area contributed by atoms with Gasteiger partial charge in [0.15, 0.2) is 0 Å². The Hall–Kier alpha value is -1.60. The van der Waals surface area contributed by atoms with E-state index in [0.29, 0.717) is 11.8 Å². The van der Waals surface area contributed by atoms with Crippen LogP contribution in [0.1, 0.15) is 126 Å². The van der Waals surface area contributed by atoms with Gasteiger partial charge in [-0.15, -0.1) is 0 Å². The fraction of sp³-hybridized carbons (Fsp3) is 0.600. The van der Waals surface area contributed by atoms with Gasteiger partial charge in [-0.25, -0.2) is 0 Å². The van der Waals surface area contributed by atoms with Crippen molar-refractivity contribution in [2.24, 2.45) is 0 Å². The lowest BCUT2D eigenvalue weighted by Crippen LogP contribution is -2.43. The molecular weight excluding hydrogens is 376 g/mol. The highest BCUT2D eigenvalue weighted by Crippen LogP contribution is 2.50. The SMILES string of the molecule is CC(C)c1ccc(C2(OC3(c4ccc(C(C)C)cc4)CCCCC3)CCCCC2)cc1. The number of benzene rings is 2. The van der Waals surface area contributed by atoms with Gasteiger partial charge in [-0.1, -0.05) is 115 Å². The topological polar surface area (TPSA) is 9.23 Å². The standard InChI is InChI=1S/C30H42O/c1-23(2)25-11-15-27(16-12-25)29(19-7-5-8-20-29)31-30(21-9-6-10-22-30)28-17-13-26(14-18-28)24(3)4/h11-18,23-24H,5-10,19-22H2,1-4H3. The minimum absolute atomic E-state index is 0.137. The Labute approximate surface area is 190 Å². The van der Waals surface area contributed by atoms with Crippen molar-refractivity contribution in [1.29, 1.82) is 0 Å². The molecule has 2 aromatic rings. The monoisotopic (exact) mass is 418 g/mol. The molecule has 2 aromatic carbocycles. The number of ether oxygens (including phenoxy) is 1. The lowest BCUT2D eigenvalue weighted by atomic mass is 9.74. The lowest BCUT2D eigenvalue weighted by Gasteiger charge is -2.48. The van der Waals surface area contributed by atoms with Gasteiger partial charge in [0.25, 0.3) is 0 Å². The highest BCUT2D eigenvalue weighted by Gasteiger charge is 2.45. The molecule has 168 valence electrons. The Morgan fingerprint density at radius 1 is 0.516 bits per heavy atom. The second kappa shape index (κ2) is 9.49. The summed E-state index contributed by atoms with van der Waals surface area (Å²) >= 11 is 0. The maximum atomic E-state index is 7.48. The third-order valence-corrected chi connectivity index (χ3v) is 7.92. The van der Waals surface area contributed by atoms with Gasteiger partial charge in [0.1, 0.15) is 0 Å². The van der Waals surface area contributed by atoms with Gasteiger partial charge in [-0.2, -0.15) is 0 Å². The minimum Gasteiger partial charge on any atom is -0.359 e. The van der Waals surface area contributed by atoms with E-state index in [1.807, 2.05) is 0 Å². The van der Waals surface area contributed by atoms with Crippen molar-refractivity contribution in [1.82, 2.24) is 0 Å². The van der Waals surface area contributed by atoms with Gasteiger partial charge in [-0.3, -0.25) is 0 Å². The van der Waals surface area contributed by atoms with Crippen molar-refractivity contribution in [3.63, 3.8) is 0 Å². The Morgan fingerprint density at radius 3 is 1.13 bits per heavy atom. The van der Waals surface area contributed by atoms with Crippen molar-refractivity contribution in [3.8, 4) is 0 Å².